The fraction of sp³-hybridized carbons (Fsp3) is 0.467. The molecule has 0 aromatic carbocycles. The minimum atomic E-state index is -0.159. The van der Waals surface area contributed by atoms with Gasteiger partial charge in [-0.2, -0.15) is 0 Å². The van der Waals surface area contributed by atoms with Crippen molar-refractivity contribution in [3.05, 3.63) is 21.9 Å². The van der Waals surface area contributed by atoms with Crippen LogP contribution in [0.4, 0.5) is 0 Å². The second-order valence-electron chi connectivity index (χ2n) is 4.93. The van der Waals surface area contributed by atoms with Crippen LogP contribution >= 0.6 is 11.3 Å². The molecule has 1 aliphatic heterocycles. The van der Waals surface area contributed by atoms with Gasteiger partial charge < -0.3 is 14.9 Å². The molecule has 2 heterocycles. The molecule has 2 rings (SSSR count). The van der Waals surface area contributed by atoms with E-state index in [1.165, 1.54) is 11.3 Å². The summed E-state index contributed by atoms with van der Waals surface area (Å²) in [6, 6.07) is 1.91. The van der Waals surface area contributed by atoms with Crippen LogP contribution in [0.5, 0.6) is 0 Å². The third-order valence-electron chi connectivity index (χ3n) is 3.28. The average molecular weight is 306 g/mol. The maximum Gasteiger partial charge on any atom is 0.242 e. The van der Waals surface area contributed by atoms with Crippen LogP contribution in [0.15, 0.2) is 11.4 Å². The van der Waals surface area contributed by atoms with Crippen LogP contribution in [0.25, 0.3) is 0 Å². The minimum Gasteiger partial charge on any atom is -0.384 e. The van der Waals surface area contributed by atoms with Gasteiger partial charge in [0.25, 0.3) is 0 Å². The Hall–Kier alpha value is -1.84. The van der Waals surface area contributed by atoms with Crippen molar-refractivity contribution in [2.24, 2.45) is 0 Å². The minimum absolute atomic E-state index is 0.0540. The Labute approximate surface area is 128 Å². The summed E-state index contributed by atoms with van der Waals surface area (Å²) in [5.74, 6) is 5.44. The Morgan fingerprint density at radius 3 is 3.05 bits per heavy atom. The van der Waals surface area contributed by atoms with Gasteiger partial charge in [-0.25, -0.2) is 0 Å². The van der Waals surface area contributed by atoms with Crippen LogP contribution in [0.2, 0.25) is 0 Å². The Morgan fingerprint density at radius 2 is 2.38 bits per heavy atom. The second-order valence-corrected chi connectivity index (χ2v) is 5.93. The highest BCUT2D eigenvalue weighted by Crippen LogP contribution is 2.16. The van der Waals surface area contributed by atoms with Crippen molar-refractivity contribution in [3.63, 3.8) is 0 Å². The van der Waals surface area contributed by atoms with Crippen molar-refractivity contribution < 1.29 is 14.7 Å². The lowest BCUT2D eigenvalue weighted by Gasteiger charge is -2.21. The number of likely N-dealkylation sites (N-methyl/N-ethyl adjacent to an activating group) is 1. The number of nitrogens with zero attached hydrogens (tertiary/aromatic N) is 2. The highest BCUT2D eigenvalue weighted by atomic mass is 32.1. The van der Waals surface area contributed by atoms with Gasteiger partial charge in [-0.3, -0.25) is 9.59 Å². The monoisotopic (exact) mass is 306 g/mol. The standard InChI is InChI=1S/C15H18N2O3S/c1-16(15(20)10-17-6-2-5-14(17)19)9-13-8-12(11-21-13)4-3-7-18/h8,11,18H,2,5-7,9-10H2,1H3. The molecule has 1 aromatic rings. The van der Waals surface area contributed by atoms with Crippen molar-refractivity contribution in [2.45, 2.75) is 19.4 Å². The van der Waals surface area contributed by atoms with Crippen LogP contribution in [0.3, 0.4) is 0 Å². The lowest BCUT2D eigenvalue weighted by molar-refractivity contribution is -0.137. The summed E-state index contributed by atoms with van der Waals surface area (Å²) in [5.41, 5.74) is 0.847. The van der Waals surface area contributed by atoms with Crippen molar-refractivity contribution >= 4 is 23.2 Å². The average Bonchev–Trinajstić information content (AvgIpc) is 3.06. The lowest BCUT2D eigenvalue weighted by Crippen LogP contribution is -2.38. The Balaban J connectivity index is 1.88. The largest absolute Gasteiger partial charge is 0.384 e. The van der Waals surface area contributed by atoms with Gasteiger partial charge in [-0.05, 0) is 12.5 Å². The van der Waals surface area contributed by atoms with Crippen LogP contribution in [-0.4, -0.2) is 53.5 Å². The van der Waals surface area contributed by atoms with E-state index in [9.17, 15) is 9.59 Å². The number of hydrogen-bond donors (Lipinski definition) is 1. The first-order chi connectivity index (χ1) is 10.1. The molecule has 0 unspecified atom stereocenters. The summed E-state index contributed by atoms with van der Waals surface area (Å²) in [7, 11) is 1.74. The predicted octanol–water partition coefficient (Wildman–Crippen LogP) is 0.673. The summed E-state index contributed by atoms with van der Waals surface area (Å²) >= 11 is 1.53. The molecule has 0 spiro atoms. The molecule has 1 fully saturated rings. The van der Waals surface area contributed by atoms with Gasteiger partial charge in [-0.15, -0.1) is 11.3 Å². The summed E-state index contributed by atoms with van der Waals surface area (Å²) in [6.07, 6.45) is 1.39. The first-order valence-corrected chi connectivity index (χ1v) is 7.67. The normalized spacial score (nSPS) is 14.0. The number of carbonyl (C=O) groups is 2. The van der Waals surface area contributed by atoms with Gasteiger partial charge in [-0.1, -0.05) is 11.8 Å². The first kappa shape index (κ1) is 15.5. The molecular weight excluding hydrogens is 288 g/mol. The molecule has 0 atom stereocenters. The smallest absolute Gasteiger partial charge is 0.242 e. The molecule has 6 heteroatoms. The highest BCUT2D eigenvalue weighted by Gasteiger charge is 2.23. The summed E-state index contributed by atoms with van der Waals surface area (Å²) in [4.78, 5) is 27.9. The van der Waals surface area contributed by atoms with Gasteiger partial charge in [0.05, 0.1) is 13.1 Å². The zero-order chi connectivity index (χ0) is 15.2. The molecule has 2 amide bonds. The van der Waals surface area contributed by atoms with Crippen molar-refractivity contribution in [3.8, 4) is 11.8 Å². The van der Waals surface area contributed by atoms with Gasteiger partial charge in [0.2, 0.25) is 11.8 Å². The summed E-state index contributed by atoms with van der Waals surface area (Å²) in [6.45, 7) is 1.19. The lowest BCUT2D eigenvalue weighted by atomic mass is 10.3. The van der Waals surface area contributed by atoms with Crippen LogP contribution < -0.4 is 0 Å². The third-order valence-corrected chi connectivity index (χ3v) is 4.20. The van der Waals surface area contributed by atoms with Crippen molar-refractivity contribution in [2.75, 3.05) is 26.7 Å². The number of hydrogen-bond acceptors (Lipinski definition) is 4. The van der Waals surface area contributed by atoms with Crippen LogP contribution in [-0.2, 0) is 16.1 Å². The fourth-order valence-corrected chi connectivity index (χ4v) is 3.02. The maximum atomic E-state index is 12.1. The topological polar surface area (TPSA) is 60.9 Å². The molecule has 1 aromatic heterocycles. The number of likely N-dealkylation sites (tertiary alicyclic amines) is 1. The van der Waals surface area contributed by atoms with E-state index >= 15 is 0 Å². The zero-order valence-electron chi connectivity index (χ0n) is 12.0. The molecule has 0 saturated carbocycles. The predicted molar refractivity (Wildman–Crippen MR) is 80.6 cm³/mol. The first-order valence-electron chi connectivity index (χ1n) is 6.79. The van der Waals surface area contributed by atoms with Gasteiger partial charge >= 0.3 is 0 Å². The van der Waals surface area contributed by atoms with E-state index in [1.807, 2.05) is 11.4 Å². The highest BCUT2D eigenvalue weighted by molar-refractivity contribution is 7.10. The molecule has 0 radical (unpaired) electrons. The van der Waals surface area contributed by atoms with Crippen LogP contribution in [0.1, 0.15) is 23.3 Å². The molecule has 0 aliphatic carbocycles. The molecule has 0 bridgehead atoms. The van der Waals surface area contributed by atoms with Crippen molar-refractivity contribution in [1.29, 1.82) is 0 Å². The van der Waals surface area contributed by atoms with E-state index in [4.69, 9.17) is 5.11 Å². The van der Waals surface area contributed by atoms with E-state index in [2.05, 4.69) is 11.8 Å². The van der Waals surface area contributed by atoms with E-state index in [-0.39, 0.29) is 25.0 Å². The van der Waals surface area contributed by atoms with Crippen molar-refractivity contribution in [1.82, 2.24) is 9.80 Å². The van der Waals surface area contributed by atoms with E-state index in [1.54, 1.807) is 16.8 Å². The SMILES string of the molecule is CN(Cc1cc(C#CCO)cs1)C(=O)CN1CCCC1=O. The van der Waals surface area contributed by atoms with E-state index in [0.29, 0.717) is 19.5 Å². The third kappa shape index (κ3) is 4.31. The molecule has 1 N–H and O–H groups in total. The van der Waals surface area contributed by atoms with E-state index in [0.717, 1.165) is 16.9 Å². The maximum absolute atomic E-state index is 12.1. The van der Waals surface area contributed by atoms with Gasteiger partial charge in [0.1, 0.15) is 6.61 Å². The molecule has 112 valence electrons. The fourth-order valence-electron chi connectivity index (χ4n) is 2.15. The number of amides is 2. The molecule has 1 saturated heterocycles. The summed E-state index contributed by atoms with van der Waals surface area (Å²) in [5, 5.41) is 10.6. The summed E-state index contributed by atoms with van der Waals surface area (Å²) < 4.78 is 0. The second kappa shape index (κ2) is 7.25. The molecule has 21 heavy (non-hydrogen) atoms. The number of carbonyl (C=O) groups excluding carboxylic acids is 2. The Morgan fingerprint density at radius 1 is 1.57 bits per heavy atom. The molecule has 1 aliphatic rings. The van der Waals surface area contributed by atoms with Crippen LogP contribution in [0, 0.1) is 11.8 Å². The number of aliphatic hydroxyl groups excluding tert-OH is 1. The Bertz CT molecular complexity index is 585. The number of thiophene rings is 1. The quantitative estimate of drug-likeness (QED) is 0.832. The van der Waals surface area contributed by atoms with Gasteiger partial charge in [0, 0.05) is 35.8 Å². The number of aliphatic hydroxyl groups is 1. The zero-order valence-corrected chi connectivity index (χ0v) is 12.8. The van der Waals surface area contributed by atoms with E-state index < -0.39 is 0 Å². The molecule has 5 nitrogen and oxygen atoms in total. The Kier molecular flexibility index (Phi) is 5.37. The van der Waals surface area contributed by atoms with Gasteiger partial charge in [0.15, 0.2) is 0 Å². The number of rotatable bonds is 4. The molecular formula is C15H18N2O3S.